The maximum Gasteiger partial charge on any atom is 0.288 e. The number of nitrogens with one attached hydrogen (secondary N) is 2. The van der Waals surface area contributed by atoms with E-state index in [2.05, 4.69) is 26.6 Å². The maximum absolute atomic E-state index is 11.6. The summed E-state index contributed by atoms with van der Waals surface area (Å²) in [6.45, 7) is 1.71. The number of halogens is 2. The van der Waals surface area contributed by atoms with E-state index in [1.54, 1.807) is 6.07 Å². The summed E-state index contributed by atoms with van der Waals surface area (Å²) in [5.74, 6) is 0.175. The van der Waals surface area contributed by atoms with Crippen molar-refractivity contribution in [3.8, 4) is 0 Å². The third-order valence-corrected chi connectivity index (χ3v) is 3.12. The highest BCUT2D eigenvalue weighted by Crippen LogP contribution is 2.17. The number of rotatable bonds is 3. The number of furan rings is 1. The lowest BCUT2D eigenvalue weighted by atomic mass is 10.2. The van der Waals surface area contributed by atoms with Crippen molar-refractivity contribution in [2.24, 2.45) is 0 Å². The monoisotopic (exact) mass is 308 g/mol. The van der Waals surface area contributed by atoms with Crippen molar-refractivity contribution in [1.29, 1.82) is 0 Å². The van der Waals surface area contributed by atoms with E-state index >= 15 is 0 Å². The van der Waals surface area contributed by atoms with Crippen LogP contribution in [0.2, 0.25) is 0 Å². The smallest absolute Gasteiger partial charge is 0.288 e. The van der Waals surface area contributed by atoms with Gasteiger partial charge < -0.3 is 15.1 Å². The zero-order valence-corrected chi connectivity index (χ0v) is 11.1. The number of carbonyl (C=O) groups is 1. The lowest BCUT2D eigenvalue weighted by Gasteiger charge is -2.10. The molecule has 90 valence electrons. The number of carbonyl (C=O) groups excluding carboxylic acids is 1. The van der Waals surface area contributed by atoms with E-state index in [9.17, 15) is 4.79 Å². The Bertz CT molecular complexity index is 350. The zero-order chi connectivity index (χ0) is 10.7. The summed E-state index contributed by atoms with van der Waals surface area (Å²) in [6.07, 6.45) is 3.80. The molecule has 1 aliphatic heterocycles. The highest BCUT2D eigenvalue weighted by Gasteiger charge is 2.17. The van der Waals surface area contributed by atoms with Crippen molar-refractivity contribution < 1.29 is 9.21 Å². The number of amides is 1. The molecule has 16 heavy (non-hydrogen) atoms. The molecule has 0 aliphatic carbocycles. The van der Waals surface area contributed by atoms with Crippen LogP contribution in [0.15, 0.2) is 21.2 Å². The Hall–Kier alpha value is -0.520. The van der Waals surface area contributed by atoms with Gasteiger partial charge in [-0.05, 0) is 41.4 Å². The van der Waals surface area contributed by atoms with Crippen LogP contribution in [0.25, 0.3) is 0 Å². The van der Waals surface area contributed by atoms with Gasteiger partial charge in [-0.2, -0.15) is 0 Å². The first kappa shape index (κ1) is 13.5. The van der Waals surface area contributed by atoms with Gasteiger partial charge in [0.15, 0.2) is 0 Å². The minimum absolute atomic E-state index is 0. The van der Waals surface area contributed by atoms with Crippen LogP contribution in [0.1, 0.15) is 23.4 Å². The van der Waals surface area contributed by atoms with Crippen molar-refractivity contribution in [1.82, 2.24) is 10.6 Å². The van der Waals surface area contributed by atoms with Crippen molar-refractivity contribution in [2.75, 3.05) is 13.1 Å². The van der Waals surface area contributed by atoms with E-state index in [1.165, 1.54) is 12.7 Å². The van der Waals surface area contributed by atoms with Crippen LogP contribution < -0.4 is 10.6 Å². The van der Waals surface area contributed by atoms with Gasteiger partial charge in [0.2, 0.25) is 5.76 Å². The van der Waals surface area contributed by atoms with Crippen LogP contribution in [0.4, 0.5) is 0 Å². The SMILES string of the molecule is Cl.O=C(NCC1CCCN1)c1occc1Br. The fourth-order valence-corrected chi connectivity index (χ4v) is 2.06. The minimum Gasteiger partial charge on any atom is -0.458 e. The Morgan fingerprint density at radius 1 is 1.69 bits per heavy atom. The van der Waals surface area contributed by atoms with Crippen LogP contribution in [-0.4, -0.2) is 25.0 Å². The average Bonchev–Trinajstić information content (AvgIpc) is 2.84. The molecule has 2 heterocycles. The first-order chi connectivity index (χ1) is 7.27. The summed E-state index contributed by atoms with van der Waals surface area (Å²) in [5.41, 5.74) is 0. The van der Waals surface area contributed by atoms with Crippen molar-refractivity contribution >= 4 is 34.2 Å². The predicted molar refractivity (Wildman–Crippen MR) is 67.0 cm³/mol. The molecule has 2 rings (SSSR count). The summed E-state index contributed by atoms with van der Waals surface area (Å²) >= 11 is 3.25. The Balaban J connectivity index is 0.00000128. The largest absolute Gasteiger partial charge is 0.458 e. The lowest BCUT2D eigenvalue weighted by molar-refractivity contribution is 0.0921. The molecule has 2 N–H and O–H groups in total. The van der Waals surface area contributed by atoms with Crippen LogP contribution >= 0.6 is 28.3 Å². The van der Waals surface area contributed by atoms with E-state index in [4.69, 9.17) is 4.42 Å². The molecule has 1 aliphatic rings. The van der Waals surface area contributed by atoms with E-state index in [0.717, 1.165) is 13.0 Å². The Morgan fingerprint density at radius 3 is 3.06 bits per heavy atom. The molecule has 1 atom stereocenters. The first-order valence-corrected chi connectivity index (χ1v) is 5.81. The summed E-state index contributed by atoms with van der Waals surface area (Å²) < 4.78 is 5.76. The first-order valence-electron chi connectivity index (χ1n) is 5.02. The molecule has 0 saturated carbocycles. The third kappa shape index (κ3) is 3.23. The van der Waals surface area contributed by atoms with E-state index in [1.807, 2.05) is 0 Å². The quantitative estimate of drug-likeness (QED) is 0.897. The molecule has 1 unspecified atom stereocenters. The summed E-state index contributed by atoms with van der Waals surface area (Å²) in [5, 5.41) is 6.16. The number of hydrogen-bond donors (Lipinski definition) is 2. The van der Waals surface area contributed by atoms with E-state index < -0.39 is 0 Å². The lowest BCUT2D eigenvalue weighted by Crippen LogP contribution is -2.37. The minimum atomic E-state index is -0.166. The van der Waals surface area contributed by atoms with Gasteiger partial charge in [0.05, 0.1) is 10.7 Å². The van der Waals surface area contributed by atoms with Gasteiger partial charge in [0, 0.05) is 12.6 Å². The molecule has 1 fully saturated rings. The molecule has 0 aromatic carbocycles. The summed E-state index contributed by atoms with van der Waals surface area (Å²) in [4.78, 5) is 11.6. The fraction of sp³-hybridized carbons (Fsp3) is 0.500. The summed E-state index contributed by atoms with van der Waals surface area (Å²) in [7, 11) is 0. The molecule has 1 aromatic rings. The average molecular weight is 310 g/mol. The molecule has 0 radical (unpaired) electrons. The molecule has 1 saturated heterocycles. The van der Waals surface area contributed by atoms with Crippen molar-refractivity contribution in [3.63, 3.8) is 0 Å². The van der Waals surface area contributed by atoms with Gasteiger partial charge in [-0.25, -0.2) is 0 Å². The normalized spacial score (nSPS) is 19.2. The summed E-state index contributed by atoms with van der Waals surface area (Å²) in [6, 6.07) is 2.12. The highest BCUT2D eigenvalue weighted by molar-refractivity contribution is 9.10. The van der Waals surface area contributed by atoms with Gasteiger partial charge >= 0.3 is 0 Å². The second kappa shape index (κ2) is 6.27. The van der Waals surface area contributed by atoms with Gasteiger partial charge in [0.1, 0.15) is 0 Å². The van der Waals surface area contributed by atoms with Gasteiger partial charge in [-0.1, -0.05) is 0 Å². The molecule has 6 heteroatoms. The highest BCUT2D eigenvalue weighted by atomic mass is 79.9. The van der Waals surface area contributed by atoms with Crippen molar-refractivity contribution in [2.45, 2.75) is 18.9 Å². The Labute approximate surface area is 109 Å². The topological polar surface area (TPSA) is 54.3 Å². The molecular weight excluding hydrogens is 295 g/mol. The van der Waals surface area contributed by atoms with E-state index in [0.29, 0.717) is 22.8 Å². The molecule has 0 bridgehead atoms. The second-order valence-electron chi connectivity index (χ2n) is 3.60. The molecule has 0 spiro atoms. The predicted octanol–water partition coefficient (Wildman–Crippen LogP) is 1.95. The number of hydrogen-bond acceptors (Lipinski definition) is 3. The van der Waals surface area contributed by atoms with E-state index in [-0.39, 0.29) is 18.3 Å². The van der Waals surface area contributed by atoms with Crippen molar-refractivity contribution in [3.05, 3.63) is 22.6 Å². The molecule has 1 aromatic heterocycles. The standard InChI is InChI=1S/C10H13BrN2O2.ClH/c11-8-3-5-15-9(8)10(14)13-6-7-2-1-4-12-7;/h3,5,7,12H,1-2,4,6H2,(H,13,14);1H. The zero-order valence-electron chi connectivity index (χ0n) is 8.66. The Morgan fingerprint density at radius 2 is 2.50 bits per heavy atom. The third-order valence-electron chi connectivity index (χ3n) is 2.49. The van der Waals surface area contributed by atoms with Gasteiger partial charge in [-0.15, -0.1) is 12.4 Å². The van der Waals surface area contributed by atoms with Crippen LogP contribution in [0.5, 0.6) is 0 Å². The molecule has 1 amide bonds. The van der Waals surface area contributed by atoms with Gasteiger partial charge in [0.25, 0.3) is 5.91 Å². The molecular formula is C10H14BrClN2O2. The maximum atomic E-state index is 11.6. The van der Waals surface area contributed by atoms with Crippen LogP contribution in [-0.2, 0) is 0 Å². The fourth-order valence-electron chi connectivity index (χ4n) is 1.68. The second-order valence-corrected chi connectivity index (χ2v) is 4.46. The van der Waals surface area contributed by atoms with Crippen LogP contribution in [0, 0.1) is 0 Å². The van der Waals surface area contributed by atoms with Gasteiger partial charge in [-0.3, -0.25) is 4.79 Å². The molecule has 4 nitrogen and oxygen atoms in total. The Kier molecular flexibility index (Phi) is 5.31. The van der Waals surface area contributed by atoms with Crippen LogP contribution in [0.3, 0.4) is 0 Å².